The van der Waals surface area contributed by atoms with E-state index in [1.54, 1.807) is 0 Å². The Balaban J connectivity index is 1.21. The molecule has 0 unspecified atom stereocenters. The van der Waals surface area contributed by atoms with Crippen LogP contribution < -0.4 is 0 Å². The van der Waals surface area contributed by atoms with Crippen molar-refractivity contribution in [2.24, 2.45) is 0 Å². The Hall–Kier alpha value is -6.44. The van der Waals surface area contributed by atoms with Gasteiger partial charge in [0.25, 0.3) is 0 Å². The highest BCUT2D eigenvalue weighted by atomic mass is 15.0. The Morgan fingerprint density at radius 1 is 0.365 bits per heavy atom. The Bertz CT molecular complexity index is 3100. The number of hydrogen-bond donors (Lipinski definition) is 0. The van der Waals surface area contributed by atoms with Gasteiger partial charge in [-0.25, -0.2) is 0 Å². The van der Waals surface area contributed by atoms with Gasteiger partial charge < -0.3 is 4.57 Å². The molecule has 0 amide bonds. The third-order valence-corrected chi connectivity index (χ3v) is 11.8. The van der Waals surface area contributed by atoms with E-state index >= 15 is 0 Å². The van der Waals surface area contributed by atoms with Crippen LogP contribution in [0.2, 0.25) is 0 Å². The molecule has 1 heteroatoms. The fraction of sp³-hybridized carbons (Fsp3) is 0.0588. The predicted molar refractivity (Wildman–Crippen MR) is 222 cm³/mol. The van der Waals surface area contributed by atoms with Crippen LogP contribution in [-0.2, 0) is 5.41 Å². The minimum absolute atomic E-state index is 0.0768. The molecule has 1 heterocycles. The molecule has 244 valence electrons. The monoisotopic (exact) mass is 661 g/mol. The van der Waals surface area contributed by atoms with Gasteiger partial charge in [0.1, 0.15) is 0 Å². The number of fused-ring (bicyclic) bond motifs is 10. The number of benzene rings is 9. The van der Waals surface area contributed by atoms with Crippen LogP contribution in [0.25, 0.3) is 93.1 Å². The summed E-state index contributed by atoms with van der Waals surface area (Å²) in [6.07, 6.45) is 2.39. The van der Waals surface area contributed by atoms with Crippen LogP contribution in [0.1, 0.15) is 25.0 Å². The van der Waals surface area contributed by atoms with Crippen molar-refractivity contribution in [2.45, 2.75) is 19.3 Å². The molecule has 0 aliphatic heterocycles. The van der Waals surface area contributed by atoms with E-state index in [1.165, 1.54) is 104 Å². The van der Waals surface area contributed by atoms with Gasteiger partial charge in [-0.05, 0) is 118 Å². The van der Waals surface area contributed by atoms with E-state index in [4.69, 9.17) is 0 Å². The normalized spacial score (nSPS) is 13.3. The lowest BCUT2D eigenvalue weighted by Gasteiger charge is -2.22. The summed E-state index contributed by atoms with van der Waals surface area (Å²) in [5.74, 6) is 0. The van der Waals surface area contributed by atoms with Crippen molar-refractivity contribution in [3.63, 3.8) is 0 Å². The maximum atomic E-state index is 2.44. The van der Waals surface area contributed by atoms with E-state index in [1.807, 2.05) is 0 Å². The highest BCUT2D eigenvalue weighted by Gasteiger charge is 2.35. The summed E-state index contributed by atoms with van der Waals surface area (Å²) in [6, 6.07) is 63.2. The lowest BCUT2D eigenvalue weighted by molar-refractivity contribution is 0.660. The van der Waals surface area contributed by atoms with Crippen molar-refractivity contribution in [3.05, 3.63) is 187 Å². The van der Waals surface area contributed by atoms with E-state index in [0.717, 1.165) is 0 Å². The van der Waals surface area contributed by atoms with E-state index in [-0.39, 0.29) is 5.41 Å². The molecule has 0 spiro atoms. The molecule has 10 aromatic rings. The van der Waals surface area contributed by atoms with Gasteiger partial charge in [0, 0.05) is 28.2 Å². The molecule has 0 saturated carbocycles. The lowest BCUT2D eigenvalue weighted by atomic mass is 9.82. The molecule has 52 heavy (non-hydrogen) atoms. The van der Waals surface area contributed by atoms with Crippen molar-refractivity contribution in [2.75, 3.05) is 0 Å². The van der Waals surface area contributed by atoms with E-state index in [9.17, 15) is 0 Å². The molecular weight excluding hydrogens is 627 g/mol. The second-order valence-corrected chi connectivity index (χ2v) is 14.9. The van der Waals surface area contributed by atoms with Crippen molar-refractivity contribution in [3.8, 4) is 39.1 Å². The van der Waals surface area contributed by atoms with Gasteiger partial charge in [-0.1, -0.05) is 147 Å². The SMILES string of the molecule is CC1(C)c2ccccc2-c2ccc(-n3cc(-c4cc5ccccc5c5ccccc45)c4cc(-c5cc6ccccc6c6ccccc56)ccc43)cc21. The van der Waals surface area contributed by atoms with Gasteiger partial charge in [-0.3, -0.25) is 0 Å². The van der Waals surface area contributed by atoms with Gasteiger partial charge in [0.15, 0.2) is 0 Å². The van der Waals surface area contributed by atoms with Gasteiger partial charge >= 0.3 is 0 Å². The molecule has 0 atom stereocenters. The zero-order valence-corrected chi connectivity index (χ0v) is 29.2. The molecule has 0 saturated heterocycles. The van der Waals surface area contributed by atoms with Crippen LogP contribution in [0.4, 0.5) is 0 Å². The molecule has 1 aliphatic carbocycles. The summed E-state index contributed by atoms with van der Waals surface area (Å²) in [6.45, 7) is 4.73. The molecule has 9 aromatic carbocycles. The first-order valence-electron chi connectivity index (χ1n) is 18.3. The standard InChI is InChI=1S/C51H35N/c1-51(2)48-22-12-11-21-42(48)43-25-24-35(30-49(43)51)52-31-47(45-28-33-14-4-6-16-37(33)39-18-8-10-20-41(39)45)46-29-34(23-26-50(46)52)44-27-32-13-3-5-15-36(32)38-17-7-9-19-40(38)44/h3-31H,1-2H3. The second-order valence-electron chi connectivity index (χ2n) is 14.9. The molecule has 1 aromatic heterocycles. The fourth-order valence-electron chi connectivity index (χ4n) is 9.24. The maximum Gasteiger partial charge on any atom is 0.0535 e. The fourth-order valence-corrected chi connectivity index (χ4v) is 9.24. The minimum atomic E-state index is -0.0768. The van der Waals surface area contributed by atoms with Gasteiger partial charge in [-0.2, -0.15) is 0 Å². The number of nitrogens with zero attached hydrogens (tertiary/aromatic N) is 1. The Labute approximate surface area is 303 Å². The average Bonchev–Trinajstić information content (AvgIpc) is 3.69. The van der Waals surface area contributed by atoms with Crippen molar-refractivity contribution in [1.82, 2.24) is 4.57 Å². The Kier molecular flexibility index (Phi) is 6.08. The molecular formula is C51H35N. The molecule has 11 rings (SSSR count). The first-order valence-corrected chi connectivity index (χ1v) is 18.3. The van der Waals surface area contributed by atoms with Crippen LogP contribution in [-0.4, -0.2) is 4.57 Å². The maximum absolute atomic E-state index is 2.44. The van der Waals surface area contributed by atoms with Crippen LogP contribution in [0, 0.1) is 0 Å². The highest BCUT2D eigenvalue weighted by molar-refractivity contribution is 6.18. The zero-order valence-electron chi connectivity index (χ0n) is 29.2. The largest absolute Gasteiger partial charge is 0.316 e. The first kappa shape index (κ1) is 29.3. The van der Waals surface area contributed by atoms with Crippen molar-refractivity contribution < 1.29 is 0 Å². The van der Waals surface area contributed by atoms with Gasteiger partial charge in [-0.15, -0.1) is 0 Å². The molecule has 0 bridgehead atoms. The molecule has 1 nitrogen and oxygen atoms in total. The van der Waals surface area contributed by atoms with Crippen LogP contribution in [0.15, 0.2) is 176 Å². The Morgan fingerprint density at radius 2 is 0.923 bits per heavy atom. The van der Waals surface area contributed by atoms with Gasteiger partial charge in [0.05, 0.1) is 5.52 Å². The number of hydrogen-bond acceptors (Lipinski definition) is 0. The number of aromatic nitrogens is 1. The summed E-state index contributed by atoms with van der Waals surface area (Å²) in [5, 5.41) is 11.5. The van der Waals surface area contributed by atoms with Crippen LogP contribution in [0.3, 0.4) is 0 Å². The molecule has 0 N–H and O–H groups in total. The van der Waals surface area contributed by atoms with E-state index in [2.05, 4.69) is 194 Å². The van der Waals surface area contributed by atoms with Crippen LogP contribution >= 0.6 is 0 Å². The summed E-state index contributed by atoms with van der Waals surface area (Å²) in [5.41, 5.74) is 12.8. The lowest BCUT2D eigenvalue weighted by Crippen LogP contribution is -2.15. The third kappa shape index (κ3) is 4.11. The van der Waals surface area contributed by atoms with Crippen LogP contribution in [0.5, 0.6) is 0 Å². The second kappa shape index (κ2) is 10.8. The summed E-state index contributed by atoms with van der Waals surface area (Å²) in [7, 11) is 0. The zero-order chi connectivity index (χ0) is 34.6. The van der Waals surface area contributed by atoms with Gasteiger partial charge in [0.2, 0.25) is 0 Å². The Morgan fingerprint density at radius 3 is 1.63 bits per heavy atom. The highest BCUT2D eigenvalue weighted by Crippen LogP contribution is 2.50. The van der Waals surface area contributed by atoms with E-state index < -0.39 is 0 Å². The summed E-state index contributed by atoms with van der Waals surface area (Å²) < 4.78 is 2.43. The van der Waals surface area contributed by atoms with Crippen molar-refractivity contribution in [1.29, 1.82) is 0 Å². The number of rotatable bonds is 3. The predicted octanol–water partition coefficient (Wildman–Crippen LogP) is 13.9. The summed E-state index contributed by atoms with van der Waals surface area (Å²) in [4.78, 5) is 0. The van der Waals surface area contributed by atoms with E-state index in [0.29, 0.717) is 0 Å². The molecule has 0 radical (unpaired) electrons. The third-order valence-electron chi connectivity index (χ3n) is 11.8. The average molecular weight is 662 g/mol. The summed E-state index contributed by atoms with van der Waals surface area (Å²) >= 11 is 0. The van der Waals surface area contributed by atoms with Crippen molar-refractivity contribution >= 4 is 54.0 Å². The topological polar surface area (TPSA) is 4.93 Å². The molecule has 0 fully saturated rings. The first-order chi connectivity index (χ1) is 25.5. The quantitative estimate of drug-likeness (QED) is 0.166. The smallest absolute Gasteiger partial charge is 0.0535 e. The molecule has 1 aliphatic rings. The minimum Gasteiger partial charge on any atom is -0.316 e.